The van der Waals surface area contributed by atoms with Crippen molar-refractivity contribution in [2.45, 2.75) is 37.9 Å². The molecule has 0 aromatic heterocycles. The number of carbonyl (C=O) groups is 1. The van der Waals surface area contributed by atoms with E-state index in [1.807, 2.05) is 0 Å². The number of alkyl halides is 3. The molecule has 0 radical (unpaired) electrons. The van der Waals surface area contributed by atoms with Gasteiger partial charge in [-0.2, -0.15) is 13.2 Å². The van der Waals surface area contributed by atoms with E-state index in [1.165, 1.54) is 6.07 Å². The Balaban J connectivity index is 1.93. The molecule has 1 amide bonds. The third-order valence-electron chi connectivity index (χ3n) is 4.10. The number of halogens is 3. The maximum absolute atomic E-state index is 12.5. The fourth-order valence-corrected chi connectivity index (χ4v) is 2.85. The van der Waals surface area contributed by atoms with Gasteiger partial charge in [0.25, 0.3) is 5.69 Å². The highest BCUT2D eigenvalue weighted by atomic mass is 19.4. The zero-order valence-corrected chi connectivity index (χ0v) is 11.5. The number of nitro groups is 1. The lowest BCUT2D eigenvalue weighted by atomic mass is 9.94. The quantitative estimate of drug-likeness (QED) is 0.623. The first-order chi connectivity index (χ1) is 10.3. The van der Waals surface area contributed by atoms with Gasteiger partial charge >= 0.3 is 12.1 Å². The van der Waals surface area contributed by atoms with E-state index in [-0.39, 0.29) is 31.1 Å². The lowest BCUT2D eigenvalue weighted by molar-refractivity contribution is -0.385. The summed E-state index contributed by atoms with van der Waals surface area (Å²) >= 11 is 0. The summed E-state index contributed by atoms with van der Waals surface area (Å²) in [5.41, 5.74) is 1.85. The van der Waals surface area contributed by atoms with Gasteiger partial charge in [-0.05, 0) is 42.4 Å². The molecule has 1 fully saturated rings. The van der Waals surface area contributed by atoms with Gasteiger partial charge in [0, 0.05) is 24.7 Å². The summed E-state index contributed by atoms with van der Waals surface area (Å²) in [5, 5.41) is 11.1. The Labute approximate surface area is 123 Å². The fraction of sp³-hybridized carbons (Fsp3) is 0.500. The second-order valence-electron chi connectivity index (χ2n) is 5.69. The minimum absolute atomic E-state index is 0.0387. The van der Waals surface area contributed by atoms with E-state index in [0.29, 0.717) is 16.7 Å². The number of fused-ring (bicyclic) bond motifs is 1. The van der Waals surface area contributed by atoms with Gasteiger partial charge in [0.2, 0.25) is 0 Å². The molecule has 1 aliphatic carbocycles. The SMILES string of the molecule is O=C(N1CCc2cc([N+](=O)[O-])c(C3CC3)cc2C1)C(F)(F)F. The molecule has 22 heavy (non-hydrogen) atoms. The summed E-state index contributed by atoms with van der Waals surface area (Å²) in [4.78, 5) is 22.8. The van der Waals surface area contributed by atoms with Crippen molar-refractivity contribution in [2.75, 3.05) is 6.54 Å². The Bertz CT molecular complexity index is 653. The molecule has 2 aliphatic rings. The van der Waals surface area contributed by atoms with Crippen LogP contribution in [0.2, 0.25) is 0 Å². The van der Waals surface area contributed by atoms with E-state index < -0.39 is 17.0 Å². The first-order valence-corrected chi connectivity index (χ1v) is 6.93. The van der Waals surface area contributed by atoms with Gasteiger partial charge in [0.1, 0.15) is 0 Å². The average molecular weight is 314 g/mol. The molecule has 8 heteroatoms. The van der Waals surface area contributed by atoms with Crippen molar-refractivity contribution in [3.8, 4) is 0 Å². The molecule has 0 bridgehead atoms. The predicted octanol–water partition coefficient (Wildman–Crippen LogP) is 2.92. The van der Waals surface area contributed by atoms with Gasteiger partial charge in [-0.25, -0.2) is 0 Å². The van der Waals surface area contributed by atoms with Crippen LogP contribution < -0.4 is 0 Å². The second kappa shape index (κ2) is 4.96. The highest BCUT2D eigenvalue weighted by Crippen LogP contribution is 2.45. The van der Waals surface area contributed by atoms with Gasteiger partial charge in [-0.3, -0.25) is 14.9 Å². The van der Waals surface area contributed by atoms with Gasteiger partial charge in [0.05, 0.1) is 4.92 Å². The molecular formula is C14H13F3N2O3. The molecule has 0 atom stereocenters. The zero-order chi connectivity index (χ0) is 16.1. The molecule has 118 valence electrons. The van der Waals surface area contributed by atoms with E-state index in [9.17, 15) is 28.1 Å². The Morgan fingerprint density at radius 1 is 1.27 bits per heavy atom. The highest BCUT2D eigenvalue weighted by Gasteiger charge is 2.43. The fourth-order valence-electron chi connectivity index (χ4n) is 2.85. The molecule has 1 saturated carbocycles. The maximum Gasteiger partial charge on any atom is 0.471 e. The molecule has 0 saturated heterocycles. The summed E-state index contributed by atoms with van der Waals surface area (Å²) in [6.45, 7) is -0.226. The van der Waals surface area contributed by atoms with Crippen LogP contribution in [0.5, 0.6) is 0 Å². The number of nitro benzene ring substituents is 1. The molecule has 1 heterocycles. The van der Waals surface area contributed by atoms with Crippen LogP contribution in [0.1, 0.15) is 35.4 Å². The first-order valence-electron chi connectivity index (χ1n) is 6.93. The van der Waals surface area contributed by atoms with E-state index in [0.717, 1.165) is 17.7 Å². The molecule has 3 rings (SSSR count). The topological polar surface area (TPSA) is 63.5 Å². The largest absolute Gasteiger partial charge is 0.471 e. The average Bonchev–Trinajstić information content (AvgIpc) is 3.27. The third kappa shape index (κ3) is 2.65. The summed E-state index contributed by atoms with van der Waals surface area (Å²) in [6, 6.07) is 3.07. The van der Waals surface area contributed by atoms with Crippen molar-refractivity contribution in [1.29, 1.82) is 0 Å². The third-order valence-corrected chi connectivity index (χ3v) is 4.10. The molecule has 5 nitrogen and oxygen atoms in total. The van der Waals surface area contributed by atoms with Gasteiger partial charge in [-0.15, -0.1) is 0 Å². The summed E-state index contributed by atoms with van der Waals surface area (Å²) in [5.74, 6) is -1.75. The van der Waals surface area contributed by atoms with Crippen molar-refractivity contribution in [2.24, 2.45) is 0 Å². The van der Waals surface area contributed by atoms with Crippen LogP contribution in [0.15, 0.2) is 12.1 Å². The van der Waals surface area contributed by atoms with Gasteiger partial charge in [-0.1, -0.05) is 0 Å². The first kappa shape index (κ1) is 14.8. The van der Waals surface area contributed by atoms with E-state index >= 15 is 0 Å². The minimum atomic E-state index is -4.89. The van der Waals surface area contributed by atoms with Gasteiger partial charge < -0.3 is 4.90 Å². The van der Waals surface area contributed by atoms with Crippen molar-refractivity contribution in [3.63, 3.8) is 0 Å². The summed E-state index contributed by atoms with van der Waals surface area (Å²) < 4.78 is 37.5. The van der Waals surface area contributed by atoms with Crippen molar-refractivity contribution < 1.29 is 22.9 Å². The van der Waals surface area contributed by atoms with Crippen LogP contribution in [0.3, 0.4) is 0 Å². The lowest BCUT2D eigenvalue weighted by Gasteiger charge is -2.29. The van der Waals surface area contributed by atoms with Crippen LogP contribution in [-0.4, -0.2) is 28.5 Å². The van der Waals surface area contributed by atoms with Crippen molar-refractivity contribution in [3.05, 3.63) is 38.9 Å². The minimum Gasteiger partial charge on any atom is -0.330 e. The van der Waals surface area contributed by atoms with E-state index in [4.69, 9.17) is 0 Å². The maximum atomic E-state index is 12.5. The van der Waals surface area contributed by atoms with Crippen molar-refractivity contribution in [1.82, 2.24) is 4.90 Å². The van der Waals surface area contributed by atoms with Crippen LogP contribution in [0.25, 0.3) is 0 Å². The summed E-state index contributed by atoms with van der Waals surface area (Å²) in [7, 11) is 0. The number of carbonyl (C=O) groups excluding carboxylic acids is 1. The Hall–Kier alpha value is -2.12. The number of hydrogen-bond donors (Lipinski definition) is 0. The Morgan fingerprint density at radius 2 is 1.95 bits per heavy atom. The number of amides is 1. The molecule has 0 spiro atoms. The molecule has 1 aromatic carbocycles. The molecule has 0 N–H and O–H groups in total. The summed E-state index contributed by atoms with van der Waals surface area (Å²) in [6.07, 6.45) is -2.99. The molecule has 1 aliphatic heterocycles. The second-order valence-corrected chi connectivity index (χ2v) is 5.69. The number of hydrogen-bond acceptors (Lipinski definition) is 3. The van der Waals surface area contributed by atoms with Crippen LogP contribution >= 0.6 is 0 Å². The molecule has 1 aromatic rings. The van der Waals surface area contributed by atoms with E-state index in [1.54, 1.807) is 6.07 Å². The standard InChI is InChI=1S/C14H13F3N2O3/c15-14(16,17)13(20)18-4-3-9-6-12(19(21)22)11(8-1-2-8)5-10(9)7-18/h5-6,8H,1-4,7H2. The molecule has 0 unspecified atom stereocenters. The van der Waals surface area contributed by atoms with Gasteiger partial charge in [0.15, 0.2) is 0 Å². The van der Waals surface area contributed by atoms with Crippen molar-refractivity contribution >= 4 is 11.6 Å². The smallest absolute Gasteiger partial charge is 0.330 e. The number of rotatable bonds is 2. The van der Waals surface area contributed by atoms with Crippen LogP contribution in [0, 0.1) is 10.1 Å². The van der Waals surface area contributed by atoms with E-state index in [2.05, 4.69) is 0 Å². The number of benzene rings is 1. The highest BCUT2D eigenvalue weighted by molar-refractivity contribution is 5.82. The Kier molecular flexibility index (Phi) is 3.34. The van der Waals surface area contributed by atoms with Crippen LogP contribution in [-0.2, 0) is 17.8 Å². The zero-order valence-electron chi connectivity index (χ0n) is 11.5. The molecular weight excluding hydrogens is 301 g/mol. The monoisotopic (exact) mass is 314 g/mol. The normalized spacial score (nSPS) is 18.0. The number of nitrogens with zero attached hydrogens (tertiary/aromatic N) is 2. The Morgan fingerprint density at radius 3 is 2.50 bits per heavy atom. The van der Waals surface area contributed by atoms with Crippen LogP contribution in [0.4, 0.5) is 18.9 Å². The predicted molar refractivity (Wildman–Crippen MR) is 70.2 cm³/mol. The lowest BCUT2D eigenvalue weighted by Crippen LogP contribution is -2.43.